The second kappa shape index (κ2) is 7.72. The van der Waals surface area contributed by atoms with Gasteiger partial charge in [-0.15, -0.1) is 0 Å². The lowest BCUT2D eigenvalue weighted by Crippen LogP contribution is -2.43. The largest absolute Gasteiger partial charge is 0.361 e. The lowest BCUT2D eigenvalue weighted by molar-refractivity contribution is 0.356. The molecule has 1 saturated heterocycles. The molecule has 2 unspecified atom stereocenters. The molecule has 1 fully saturated rings. The third-order valence-electron chi connectivity index (χ3n) is 4.01. The number of likely N-dealkylation sites (N-methyl/N-ethyl adjacent to an activating group) is 1. The molecule has 1 aliphatic heterocycles. The number of thiol groups is 1. The lowest BCUT2D eigenvalue weighted by Gasteiger charge is -2.30. The zero-order valence-electron chi connectivity index (χ0n) is 12.3. The van der Waals surface area contributed by atoms with Crippen molar-refractivity contribution >= 4 is 23.5 Å². The summed E-state index contributed by atoms with van der Waals surface area (Å²) in [6, 6.07) is 9.21. The molecular formula is C16H25N3S. The van der Waals surface area contributed by atoms with Crippen molar-refractivity contribution < 1.29 is 0 Å². The highest BCUT2D eigenvalue weighted by Gasteiger charge is 2.23. The van der Waals surface area contributed by atoms with Gasteiger partial charge in [0.1, 0.15) is 0 Å². The van der Waals surface area contributed by atoms with Crippen LogP contribution in [0.3, 0.4) is 0 Å². The van der Waals surface area contributed by atoms with Crippen molar-refractivity contribution in [2.45, 2.75) is 24.8 Å². The Hall–Kier alpha value is -0.970. The van der Waals surface area contributed by atoms with Crippen LogP contribution < -0.4 is 10.6 Å². The maximum Gasteiger partial charge on any atom is 0.0456 e. The van der Waals surface area contributed by atoms with Crippen molar-refractivity contribution in [2.75, 3.05) is 26.4 Å². The van der Waals surface area contributed by atoms with Gasteiger partial charge in [-0.05, 0) is 50.2 Å². The molecule has 4 heteroatoms. The number of hydrogen-bond donors (Lipinski definition) is 4. The summed E-state index contributed by atoms with van der Waals surface area (Å²) in [5, 5.41) is 8.25. The Balaban J connectivity index is 0.000000704. The second-order valence-electron chi connectivity index (χ2n) is 5.22. The lowest BCUT2D eigenvalue weighted by atomic mass is 9.86. The SMILES string of the molecule is CNCC1CC(c2c[nH]c3ccccc23)CCN1.CS. The molecule has 3 N–H and O–H groups in total. The predicted molar refractivity (Wildman–Crippen MR) is 90.9 cm³/mol. The van der Waals surface area contributed by atoms with E-state index in [-0.39, 0.29) is 0 Å². The van der Waals surface area contributed by atoms with Crippen LogP contribution in [0.15, 0.2) is 30.5 Å². The van der Waals surface area contributed by atoms with Crippen molar-refractivity contribution in [3.63, 3.8) is 0 Å². The third kappa shape index (κ3) is 3.37. The topological polar surface area (TPSA) is 39.9 Å². The minimum Gasteiger partial charge on any atom is -0.361 e. The number of benzene rings is 1. The van der Waals surface area contributed by atoms with Crippen molar-refractivity contribution in [3.05, 3.63) is 36.0 Å². The highest BCUT2D eigenvalue weighted by Crippen LogP contribution is 2.32. The summed E-state index contributed by atoms with van der Waals surface area (Å²) in [5.41, 5.74) is 2.75. The Morgan fingerprint density at radius 3 is 2.90 bits per heavy atom. The molecular weight excluding hydrogens is 266 g/mol. The zero-order chi connectivity index (χ0) is 14.4. The molecule has 1 aromatic heterocycles. The van der Waals surface area contributed by atoms with Crippen LogP contribution in [0.5, 0.6) is 0 Å². The van der Waals surface area contributed by atoms with E-state index in [4.69, 9.17) is 0 Å². The quantitative estimate of drug-likeness (QED) is 0.657. The monoisotopic (exact) mass is 291 g/mol. The Labute approximate surface area is 126 Å². The van der Waals surface area contributed by atoms with Crippen LogP contribution in [0.4, 0.5) is 0 Å². The first-order chi connectivity index (χ1) is 9.88. The van der Waals surface area contributed by atoms with Crippen LogP contribution in [0.25, 0.3) is 10.9 Å². The van der Waals surface area contributed by atoms with Gasteiger partial charge >= 0.3 is 0 Å². The van der Waals surface area contributed by atoms with E-state index < -0.39 is 0 Å². The molecule has 0 saturated carbocycles. The summed E-state index contributed by atoms with van der Waals surface area (Å²) in [6.45, 7) is 2.18. The highest BCUT2D eigenvalue weighted by molar-refractivity contribution is 7.79. The molecule has 3 rings (SSSR count). The van der Waals surface area contributed by atoms with Gasteiger partial charge in [-0.25, -0.2) is 0 Å². The van der Waals surface area contributed by atoms with E-state index >= 15 is 0 Å². The maximum absolute atomic E-state index is 3.59. The molecule has 2 aromatic rings. The number of aromatic nitrogens is 1. The molecule has 2 atom stereocenters. The number of nitrogens with one attached hydrogen (secondary N) is 3. The standard InChI is InChI=1S/C15H21N3.CH4S/c1-16-9-12-8-11(6-7-17-12)14-10-18-15-5-3-2-4-13(14)15;1-2/h2-5,10-12,16-18H,6-9H2,1H3;2H,1H3. The Morgan fingerprint density at radius 1 is 1.30 bits per heavy atom. The molecule has 0 radical (unpaired) electrons. The summed E-state index contributed by atoms with van der Waals surface area (Å²) in [4.78, 5) is 3.40. The van der Waals surface area contributed by atoms with E-state index in [1.807, 2.05) is 7.05 Å². The molecule has 0 bridgehead atoms. The van der Waals surface area contributed by atoms with Gasteiger partial charge in [0.2, 0.25) is 0 Å². The summed E-state index contributed by atoms with van der Waals surface area (Å²) in [7, 11) is 2.02. The van der Waals surface area contributed by atoms with Crippen LogP contribution in [0, 0.1) is 0 Å². The molecule has 3 nitrogen and oxygen atoms in total. The van der Waals surface area contributed by atoms with Crippen LogP contribution in [-0.4, -0.2) is 37.4 Å². The summed E-state index contributed by atoms with van der Waals surface area (Å²) < 4.78 is 0. The van der Waals surface area contributed by atoms with Crippen LogP contribution in [0.2, 0.25) is 0 Å². The Bertz CT molecular complexity index is 521. The van der Waals surface area contributed by atoms with Crippen LogP contribution in [-0.2, 0) is 0 Å². The van der Waals surface area contributed by atoms with Crippen molar-refractivity contribution in [1.29, 1.82) is 0 Å². The summed E-state index contributed by atoms with van der Waals surface area (Å²) in [6.07, 6.45) is 6.36. The van der Waals surface area contributed by atoms with Crippen LogP contribution >= 0.6 is 12.6 Å². The molecule has 1 aliphatic rings. The smallest absolute Gasteiger partial charge is 0.0456 e. The number of H-pyrrole nitrogens is 1. The van der Waals surface area contributed by atoms with Gasteiger partial charge in [0, 0.05) is 29.7 Å². The fourth-order valence-electron chi connectivity index (χ4n) is 3.12. The minimum atomic E-state index is 0.599. The first-order valence-electron chi connectivity index (χ1n) is 7.27. The average Bonchev–Trinajstić information content (AvgIpc) is 2.94. The van der Waals surface area contributed by atoms with Crippen molar-refractivity contribution in [2.24, 2.45) is 0 Å². The third-order valence-corrected chi connectivity index (χ3v) is 4.01. The minimum absolute atomic E-state index is 0.599. The van der Waals surface area contributed by atoms with E-state index in [0.717, 1.165) is 13.1 Å². The van der Waals surface area contributed by atoms with Gasteiger partial charge in [0.05, 0.1) is 0 Å². The molecule has 110 valence electrons. The maximum atomic E-state index is 3.59. The van der Waals surface area contributed by atoms with E-state index in [1.54, 1.807) is 6.26 Å². The number of rotatable bonds is 3. The van der Waals surface area contributed by atoms with E-state index in [2.05, 4.69) is 58.7 Å². The Kier molecular flexibility index (Phi) is 5.95. The first-order valence-corrected chi connectivity index (χ1v) is 8.16. The normalized spacial score (nSPS) is 22.4. The number of fused-ring (bicyclic) bond motifs is 1. The molecule has 20 heavy (non-hydrogen) atoms. The predicted octanol–water partition coefficient (Wildman–Crippen LogP) is 2.77. The van der Waals surface area contributed by atoms with Crippen molar-refractivity contribution in [1.82, 2.24) is 15.6 Å². The van der Waals surface area contributed by atoms with Crippen molar-refractivity contribution in [3.8, 4) is 0 Å². The number of piperidine rings is 1. The van der Waals surface area contributed by atoms with Gasteiger partial charge in [-0.3, -0.25) is 0 Å². The van der Waals surface area contributed by atoms with Gasteiger partial charge in [0.15, 0.2) is 0 Å². The number of para-hydroxylation sites is 1. The van der Waals surface area contributed by atoms with Gasteiger partial charge in [-0.1, -0.05) is 18.2 Å². The fraction of sp³-hybridized carbons (Fsp3) is 0.500. The highest BCUT2D eigenvalue weighted by atomic mass is 32.1. The van der Waals surface area contributed by atoms with Gasteiger partial charge < -0.3 is 15.6 Å². The van der Waals surface area contributed by atoms with Gasteiger partial charge in [0.25, 0.3) is 0 Å². The fourth-order valence-corrected chi connectivity index (χ4v) is 3.12. The van der Waals surface area contributed by atoms with E-state index in [1.165, 1.54) is 29.3 Å². The number of hydrogen-bond acceptors (Lipinski definition) is 3. The van der Waals surface area contributed by atoms with E-state index in [0.29, 0.717) is 12.0 Å². The van der Waals surface area contributed by atoms with Crippen LogP contribution in [0.1, 0.15) is 24.3 Å². The van der Waals surface area contributed by atoms with Gasteiger partial charge in [-0.2, -0.15) is 12.6 Å². The molecule has 2 heterocycles. The second-order valence-corrected chi connectivity index (χ2v) is 5.22. The first kappa shape index (κ1) is 15.4. The summed E-state index contributed by atoms with van der Waals surface area (Å²) in [5.74, 6) is 0.681. The molecule has 0 amide bonds. The van der Waals surface area contributed by atoms with E-state index in [9.17, 15) is 0 Å². The Morgan fingerprint density at radius 2 is 2.10 bits per heavy atom. The molecule has 0 aliphatic carbocycles. The molecule has 0 spiro atoms. The molecule has 1 aromatic carbocycles. The number of aromatic amines is 1. The summed E-state index contributed by atoms with van der Waals surface area (Å²) >= 11 is 3.53. The average molecular weight is 291 g/mol. The zero-order valence-corrected chi connectivity index (χ0v) is 13.2.